The maximum Gasteiger partial charge on any atom is 2.00 e. The van der Waals surface area contributed by atoms with Gasteiger partial charge in [0.2, 0.25) is 0 Å². The van der Waals surface area contributed by atoms with Crippen molar-refractivity contribution >= 4 is 11.4 Å². The van der Waals surface area contributed by atoms with Crippen molar-refractivity contribution in [2.75, 3.05) is 14.2 Å². The molecule has 8 heteroatoms. The molecule has 0 amide bonds. The summed E-state index contributed by atoms with van der Waals surface area (Å²) in [4.78, 5) is 13.0. The van der Waals surface area contributed by atoms with Gasteiger partial charge in [-0.15, -0.1) is 11.5 Å². The first kappa shape index (κ1) is 32.9. The zero-order valence-corrected chi connectivity index (χ0v) is 25.2. The molecule has 1 aromatic heterocycles. The van der Waals surface area contributed by atoms with Crippen LogP contribution in [-0.4, -0.2) is 29.9 Å². The zero-order valence-electron chi connectivity index (χ0n) is 24.3. The number of rotatable bonds is 4. The van der Waals surface area contributed by atoms with Gasteiger partial charge in [0.15, 0.2) is 17.3 Å². The van der Waals surface area contributed by atoms with E-state index in [2.05, 4.69) is 40.9 Å². The van der Waals surface area contributed by atoms with Gasteiger partial charge >= 0.3 is 16.5 Å². The SMILES string of the molecule is CC(=Nc1c(C)cccc1C)c1ncccn1.COc1c(OC)c(C(C)(C)C)c([O-])c([O-])c1C(C)(C)C.[Ni+2]. The van der Waals surface area contributed by atoms with E-state index in [1.54, 1.807) is 18.5 Å². The van der Waals surface area contributed by atoms with Gasteiger partial charge in [0.1, 0.15) is 0 Å². The summed E-state index contributed by atoms with van der Waals surface area (Å²) in [6, 6.07) is 7.96. The molecule has 3 aromatic rings. The van der Waals surface area contributed by atoms with Crippen LogP contribution in [0.3, 0.4) is 0 Å². The van der Waals surface area contributed by atoms with Crippen LogP contribution in [0, 0.1) is 13.8 Å². The van der Waals surface area contributed by atoms with Gasteiger partial charge in [-0.2, -0.15) is 0 Å². The first-order valence-electron chi connectivity index (χ1n) is 12.2. The van der Waals surface area contributed by atoms with Crippen LogP contribution in [0.5, 0.6) is 23.0 Å². The van der Waals surface area contributed by atoms with Crippen LogP contribution in [0.15, 0.2) is 41.7 Å². The van der Waals surface area contributed by atoms with Crippen LogP contribution < -0.4 is 19.7 Å². The number of aromatic nitrogens is 2. The first-order valence-corrected chi connectivity index (χ1v) is 12.2. The Hall–Kier alpha value is -3.12. The smallest absolute Gasteiger partial charge is 0.873 e. The van der Waals surface area contributed by atoms with Gasteiger partial charge in [0.25, 0.3) is 0 Å². The molecular formula is C30H39N3NiO4. The second-order valence-electron chi connectivity index (χ2n) is 11.0. The molecule has 0 aliphatic rings. The topological polar surface area (TPSA) is 103 Å². The maximum atomic E-state index is 12.5. The van der Waals surface area contributed by atoms with Crippen molar-refractivity contribution in [3.05, 3.63) is 64.7 Å². The summed E-state index contributed by atoms with van der Waals surface area (Å²) in [6.07, 6.45) is 3.46. The molecule has 0 unspecified atom stereocenters. The Morgan fingerprint density at radius 2 is 1.16 bits per heavy atom. The van der Waals surface area contributed by atoms with Crippen LogP contribution >= 0.6 is 0 Å². The molecule has 208 valence electrons. The van der Waals surface area contributed by atoms with E-state index >= 15 is 0 Å². The average molecular weight is 564 g/mol. The van der Waals surface area contributed by atoms with Crippen LogP contribution in [0.4, 0.5) is 5.69 Å². The Balaban J connectivity index is 0.000000374. The number of hydrogen-bond acceptors (Lipinski definition) is 7. The second-order valence-corrected chi connectivity index (χ2v) is 11.0. The molecule has 2 aromatic carbocycles. The van der Waals surface area contributed by atoms with Gasteiger partial charge in [-0.3, -0.25) is 0 Å². The molecule has 7 nitrogen and oxygen atoms in total. The second kappa shape index (κ2) is 13.1. The van der Waals surface area contributed by atoms with E-state index in [0.717, 1.165) is 11.4 Å². The number of para-hydroxylation sites is 1. The minimum atomic E-state index is -0.500. The van der Waals surface area contributed by atoms with Crippen molar-refractivity contribution in [1.29, 1.82) is 0 Å². The van der Waals surface area contributed by atoms with E-state index in [9.17, 15) is 10.2 Å². The van der Waals surface area contributed by atoms with Gasteiger partial charge < -0.3 is 19.7 Å². The summed E-state index contributed by atoms with van der Waals surface area (Å²) in [6.45, 7) is 17.3. The summed E-state index contributed by atoms with van der Waals surface area (Å²) in [5, 5.41) is 25.0. The summed E-state index contributed by atoms with van der Waals surface area (Å²) in [5.74, 6) is 0.416. The van der Waals surface area contributed by atoms with Crippen molar-refractivity contribution in [1.82, 2.24) is 9.97 Å². The number of nitrogens with zero attached hydrogens (tertiary/aromatic N) is 3. The van der Waals surface area contributed by atoms with Crippen LogP contribution in [0.1, 0.15) is 76.5 Å². The van der Waals surface area contributed by atoms with E-state index in [0.29, 0.717) is 28.5 Å². The van der Waals surface area contributed by atoms with E-state index in [-0.39, 0.29) is 16.5 Å². The van der Waals surface area contributed by atoms with E-state index in [1.165, 1.54) is 25.3 Å². The quantitative estimate of drug-likeness (QED) is 0.299. The van der Waals surface area contributed by atoms with Gasteiger partial charge in [-0.1, -0.05) is 59.7 Å². The molecule has 0 saturated carbocycles. The largest absolute Gasteiger partial charge is 2.00 e. The van der Waals surface area contributed by atoms with Gasteiger partial charge in [-0.05, 0) is 59.9 Å². The predicted octanol–water partition coefficient (Wildman–Crippen LogP) is 5.68. The Kier molecular flexibility index (Phi) is 11.3. The van der Waals surface area contributed by atoms with E-state index in [1.807, 2.05) is 54.5 Å². The van der Waals surface area contributed by atoms with E-state index < -0.39 is 22.3 Å². The summed E-state index contributed by atoms with van der Waals surface area (Å²) >= 11 is 0. The number of benzene rings is 2. The number of ether oxygens (including phenoxy) is 2. The van der Waals surface area contributed by atoms with Crippen molar-refractivity contribution in [3.8, 4) is 23.0 Å². The third kappa shape index (κ3) is 7.47. The molecule has 0 radical (unpaired) electrons. The fraction of sp³-hybridized carbons (Fsp3) is 0.433. The average Bonchev–Trinajstić information content (AvgIpc) is 2.81. The maximum absolute atomic E-state index is 12.5. The van der Waals surface area contributed by atoms with Crippen LogP contribution in [0.2, 0.25) is 0 Å². The molecule has 0 aliphatic heterocycles. The zero-order chi connectivity index (χ0) is 28.1. The van der Waals surface area contributed by atoms with Gasteiger partial charge in [0, 0.05) is 12.4 Å². The molecule has 0 atom stereocenters. The molecule has 0 N–H and O–H groups in total. The van der Waals surface area contributed by atoms with Crippen molar-refractivity contribution in [3.63, 3.8) is 0 Å². The van der Waals surface area contributed by atoms with E-state index in [4.69, 9.17) is 9.47 Å². The molecule has 0 fully saturated rings. The third-order valence-electron chi connectivity index (χ3n) is 5.84. The molecule has 0 spiro atoms. The molecule has 0 bridgehead atoms. The van der Waals surface area contributed by atoms with Crippen LogP contribution in [0.25, 0.3) is 0 Å². The van der Waals surface area contributed by atoms with Crippen molar-refractivity contribution < 1.29 is 36.2 Å². The molecule has 1 heterocycles. The number of aryl methyl sites for hydroxylation is 2. The number of aliphatic imine (C=N–C) groups is 1. The fourth-order valence-corrected chi connectivity index (χ4v) is 4.10. The Labute approximate surface area is 237 Å². The van der Waals surface area contributed by atoms with Gasteiger partial charge in [-0.25, -0.2) is 15.0 Å². The Bertz CT molecular complexity index is 1190. The molecular weight excluding hydrogens is 525 g/mol. The molecule has 0 aliphatic carbocycles. The summed E-state index contributed by atoms with van der Waals surface area (Å²) in [5.41, 5.74) is 3.93. The van der Waals surface area contributed by atoms with Crippen molar-refractivity contribution in [2.24, 2.45) is 4.99 Å². The molecule has 3 rings (SSSR count). The molecule has 0 saturated heterocycles. The van der Waals surface area contributed by atoms with Crippen LogP contribution in [-0.2, 0) is 27.3 Å². The standard InChI is InChI=1S/C16H26O4.C14H15N3.Ni/c1-15(2,3)9-11(17)12(18)10(16(4,5)6)14(20-8)13(9)19-7;1-10-6-4-7-11(2)13(10)17-12(3)14-15-8-5-9-16-14;/h17-18H,1-8H3;4-9H,1-3H3;/q;;+2/p-2. The minimum Gasteiger partial charge on any atom is -0.873 e. The summed E-state index contributed by atoms with van der Waals surface area (Å²) in [7, 11) is 2.98. The predicted molar refractivity (Wildman–Crippen MR) is 146 cm³/mol. The number of methoxy groups -OCH3 is 2. The molecule has 38 heavy (non-hydrogen) atoms. The fourth-order valence-electron chi connectivity index (χ4n) is 4.10. The minimum absolute atomic E-state index is 0. The number of hydrogen-bond donors (Lipinski definition) is 0. The Morgan fingerprint density at radius 1 is 0.763 bits per heavy atom. The van der Waals surface area contributed by atoms with Crippen molar-refractivity contribution in [2.45, 2.75) is 73.1 Å². The van der Waals surface area contributed by atoms with Gasteiger partial charge in [0.05, 0.1) is 25.6 Å². The first-order chi connectivity index (χ1) is 17.1. The summed E-state index contributed by atoms with van der Waals surface area (Å²) < 4.78 is 10.8. The Morgan fingerprint density at radius 3 is 1.50 bits per heavy atom. The monoisotopic (exact) mass is 563 g/mol. The third-order valence-corrected chi connectivity index (χ3v) is 5.84. The normalized spacial score (nSPS) is 11.7.